The number of ether oxygens (including phenoxy) is 2. The number of rotatable bonds is 2. The van der Waals surface area contributed by atoms with Gasteiger partial charge in [-0.2, -0.15) is 0 Å². The molecule has 6 heteroatoms. The number of hydrogen-bond acceptors (Lipinski definition) is 4. The lowest BCUT2D eigenvalue weighted by atomic mass is 10.1. The van der Waals surface area contributed by atoms with Crippen LogP contribution in [-0.4, -0.2) is 18.2 Å². The van der Waals surface area contributed by atoms with Crippen LogP contribution in [-0.2, 0) is 0 Å². The van der Waals surface area contributed by atoms with Gasteiger partial charge in [-0.15, -0.1) is 0 Å². The third-order valence-corrected chi connectivity index (χ3v) is 3.96. The molecule has 0 saturated heterocycles. The van der Waals surface area contributed by atoms with Gasteiger partial charge in [0.25, 0.3) is 0 Å². The first-order chi connectivity index (χ1) is 11.2. The maximum atomic E-state index is 6.34. The Labute approximate surface area is 142 Å². The van der Waals surface area contributed by atoms with Crippen LogP contribution < -0.4 is 9.47 Å². The zero-order chi connectivity index (χ0) is 15.8. The van der Waals surface area contributed by atoms with Crippen LogP contribution in [0.1, 0.15) is 11.5 Å². The Kier molecular flexibility index (Phi) is 3.63. The fourth-order valence-corrected chi connectivity index (χ4v) is 2.88. The first-order valence-electron chi connectivity index (χ1n) is 7.03. The molecule has 23 heavy (non-hydrogen) atoms. The summed E-state index contributed by atoms with van der Waals surface area (Å²) in [4.78, 5) is 4.36. The lowest BCUT2D eigenvalue weighted by Crippen LogP contribution is -2.15. The van der Waals surface area contributed by atoms with E-state index >= 15 is 0 Å². The molecule has 1 aliphatic rings. The largest absolute Gasteiger partial charge is 0.486 e. The van der Waals surface area contributed by atoms with Gasteiger partial charge < -0.3 is 13.9 Å². The van der Waals surface area contributed by atoms with Crippen molar-refractivity contribution in [2.75, 3.05) is 13.2 Å². The summed E-state index contributed by atoms with van der Waals surface area (Å²) in [6.45, 7) is 0.987. The van der Waals surface area contributed by atoms with E-state index in [1.54, 1.807) is 12.1 Å². The monoisotopic (exact) mass is 347 g/mol. The summed E-state index contributed by atoms with van der Waals surface area (Å²) >= 11 is 12.6. The third-order valence-electron chi connectivity index (χ3n) is 3.41. The molecule has 4 rings (SSSR count). The van der Waals surface area contributed by atoms with E-state index in [9.17, 15) is 0 Å². The highest BCUT2D eigenvalue weighted by molar-refractivity contribution is 6.50. The van der Waals surface area contributed by atoms with E-state index in [1.807, 2.05) is 30.3 Å². The average Bonchev–Trinajstić information content (AvgIpc) is 2.99. The second-order valence-electron chi connectivity index (χ2n) is 5.01. The van der Waals surface area contributed by atoms with Gasteiger partial charge in [-0.25, -0.2) is 4.98 Å². The van der Waals surface area contributed by atoms with Crippen LogP contribution in [0.2, 0.25) is 5.02 Å². The summed E-state index contributed by atoms with van der Waals surface area (Å²) < 4.78 is 16.7. The Morgan fingerprint density at radius 2 is 1.96 bits per heavy atom. The van der Waals surface area contributed by atoms with Crippen molar-refractivity contribution < 1.29 is 13.9 Å². The van der Waals surface area contributed by atoms with Gasteiger partial charge in [-0.05, 0) is 35.9 Å². The Morgan fingerprint density at radius 3 is 2.83 bits per heavy atom. The Bertz CT molecular complexity index is 884. The molecule has 1 aliphatic heterocycles. The number of hydrogen-bond donors (Lipinski definition) is 0. The van der Waals surface area contributed by atoms with Crippen molar-refractivity contribution in [1.29, 1.82) is 0 Å². The lowest BCUT2D eigenvalue weighted by molar-refractivity contribution is 0.171. The molecule has 0 spiro atoms. The fraction of sp³-hybridized carbons (Fsp3) is 0.118. The van der Waals surface area contributed by atoms with Crippen molar-refractivity contribution in [2.45, 2.75) is 0 Å². The number of oxazole rings is 1. The number of fused-ring (bicyclic) bond motifs is 2. The molecule has 2 aromatic carbocycles. The predicted molar refractivity (Wildman–Crippen MR) is 90.2 cm³/mol. The normalized spacial score (nSPS) is 14.3. The van der Waals surface area contributed by atoms with E-state index in [2.05, 4.69) is 4.98 Å². The molecule has 0 aliphatic carbocycles. The average molecular weight is 348 g/mol. The second-order valence-corrected chi connectivity index (χ2v) is 5.82. The Morgan fingerprint density at radius 1 is 1.13 bits per heavy atom. The fourth-order valence-electron chi connectivity index (χ4n) is 2.40. The number of aromatic nitrogens is 1. The number of nitrogens with zero attached hydrogens (tertiary/aromatic N) is 1. The molecule has 4 nitrogen and oxygen atoms in total. The van der Waals surface area contributed by atoms with Crippen LogP contribution in [0.5, 0.6) is 11.5 Å². The van der Waals surface area contributed by atoms with Crippen molar-refractivity contribution >= 4 is 45.4 Å². The second kappa shape index (κ2) is 5.80. The standard InChI is InChI=1S/C17H11Cl2NO3/c18-11-7-10(9-15-16(11)22-6-5-21-15)8-12(19)17-20-13-3-1-2-4-14(13)23-17/h1-4,7-9H,5-6H2/b12-8-. The van der Waals surface area contributed by atoms with E-state index in [-0.39, 0.29) is 0 Å². The number of benzene rings is 2. The molecule has 0 saturated carbocycles. The zero-order valence-electron chi connectivity index (χ0n) is 11.9. The predicted octanol–water partition coefficient (Wildman–Crippen LogP) is 4.99. The minimum Gasteiger partial charge on any atom is -0.486 e. The molecule has 2 heterocycles. The first kappa shape index (κ1) is 14.4. The van der Waals surface area contributed by atoms with Gasteiger partial charge in [-0.1, -0.05) is 35.3 Å². The van der Waals surface area contributed by atoms with Gasteiger partial charge in [0.05, 0.1) is 5.02 Å². The van der Waals surface area contributed by atoms with Crippen molar-refractivity contribution in [3.8, 4) is 11.5 Å². The van der Waals surface area contributed by atoms with Gasteiger partial charge in [0.1, 0.15) is 23.8 Å². The quantitative estimate of drug-likeness (QED) is 0.655. The zero-order valence-corrected chi connectivity index (χ0v) is 13.4. The highest BCUT2D eigenvalue weighted by atomic mass is 35.5. The van der Waals surface area contributed by atoms with E-state index in [1.165, 1.54) is 0 Å². The molecule has 0 atom stereocenters. The summed E-state index contributed by atoms with van der Waals surface area (Å²) in [6.07, 6.45) is 1.73. The van der Waals surface area contributed by atoms with Crippen molar-refractivity contribution in [3.05, 3.63) is 52.9 Å². The lowest BCUT2D eigenvalue weighted by Gasteiger charge is -2.19. The molecule has 0 unspecified atom stereocenters. The topological polar surface area (TPSA) is 44.5 Å². The summed E-state index contributed by atoms with van der Waals surface area (Å²) in [5.74, 6) is 1.53. The van der Waals surface area contributed by atoms with Gasteiger partial charge in [0.2, 0.25) is 5.89 Å². The van der Waals surface area contributed by atoms with Crippen LogP contribution in [0.25, 0.3) is 22.2 Å². The van der Waals surface area contributed by atoms with Crippen LogP contribution in [0.3, 0.4) is 0 Å². The van der Waals surface area contributed by atoms with Crippen LogP contribution in [0.15, 0.2) is 40.8 Å². The van der Waals surface area contributed by atoms with Gasteiger partial charge >= 0.3 is 0 Å². The van der Waals surface area contributed by atoms with E-state index < -0.39 is 0 Å². The van der Waals surface area contributed by atoms with E-state index in [0.29, 0.717) is 46.2 Å². The number of halogens is 2. The highest BCUT2D eigenvalue weighted by Gasteiger charge is 2.17. The van der Waals surface area contributed by atoms with Gasteiger partial charge in [-0.3, -0.25) is 0 Å². The minimum absolute atomic E-state index is 0.360. The first-order valence-corrected chi connectivity index (χ1v) is 7.78. The maximum Gasteiger partial charge on any atom is 0.238 e. The van der Waals surface area contributed by atoms with Crippen molar-refractivity contribution in [3.63, 3.8) is 0 Å². The molecule has 3 aromatic rings. The van der Waals surface area contributed by atoms with Crippen LogP contribution in [0, 0.1) is 0 Å². The minimum atomic E-state index is 0.360. The summed E-state index contributed by atoms with van der Waals surface area (Å²) in [5.41, 5.74) is 2.23. The summed E-state index contributed by atoms with van der Waals surface area (Å²) in [5, 5.41) is 0.865. The molecule has 0 fully saturated rings. The van der Waals surface area contributed by atoms with Crippen molar-refractivity contribution in [2.24, 2.45) is 0 Å². The molecular weight excluding hydrogens is 337 g/mol. The molecule has 0 N–H and O–H groups in total. The molecule has 1 aromatic heterocycles. The highest BCUT2D eigenvalue weighted by Crippen LogP contribution is 2.39. The third kappa shape index (κ3) is 2.76. The molecule has 0 bridgehead atoms. The maximum absolute atomic E-state index is 6.34. The SMILES string of the molecule is Cl/C(=C\c1cc(Cl)c2c(c1)OCCO2)c1nc2ccccc2o1. The molecule has 116 valence electrons. The molecule has 0 amide bonds. The van der Waals surface area contributed by atoms with Gasteiger partial charge in [0, 0.05) is 0 Å². The smallest absolute Gasteiger partial charge is 0.238 e. The number of para-hydroxylation sites is 2. The van der Waals surface area contributed by atoms with Crippen molar-refractivity contribution in [1.82, 2.24) is 4.98 Å². The van der Waals surface area contributed by atoms with E-state index in [0.717, 1.165) is 11.1 Å². The van der Waals surface area contributed by atoms with Crippen LogP contribution in [0.4, 0.5) is 0 Å². The summed E-state index contributed by atoms with van der Waals surface area (Å²) in [6, 6.07) is 11.1. The van der Waals surface area contributed by atoms with E-state index in [4.69, 9.17) is 37.1 Å². The van der Waals surface area contributed by atoms with Gasteiger partial charge in [0.15, 0.2) is 17.1 Å². The molecular formula is C17H11Cl2NO3. The Hall–Kier alpha value is -2.17. The molecule has 0 radical (unpaired) electrons. The Balaban J connectivity index is 1.73. The van der Waals surface area contributed by atoms with Crippen LogP contribution >= 0.6 is 23.2 Å². The summed E-state index contributed by atoms with van der Waals surface area (Å²) in [7, 11) is 0.